The largest absolute Gasteiger partial charge is 0.506 e. The van der Waals surface area contributed by atoms with E-state index in [0.717, 1.165) is 11.3 Å². The lowest BCUT2D eigenvalue weighted by Crippen LogP contribution is -2.18. The number of para-hydroxylation sites is 1. The summed E-state index contributed by atoms with van der Waals surface area (Å²) < 4.78 is 5.87. The van der Waals surface area contributed by atoms with Crippen LogP contribution < -0.4 is 10.1 Å². The van der Waals surface area contributed by atoms with Gasteiger partial charge in [0.15, 0.2) is 0 Å². The van der Waals surface area contributed by atoms with Gasteiger partial charge in [0.05, 0.1) is 11.6 Å². The van der Waals surface area contributed by atoms with Crippen LogP contribution in [0.4, 0.5) is 0 Å². The van der Waals surface area contributed by atoms with Gasteiger partial charge in [-0.3, -0.25) is 0 Å². The van der Waals surface area contributed by atoms with Crippen molar-refractivity contribution in [1.82, 2.24) is 5.32 Å². The third-order valence-corrected chi connectivity index (χ3v) is 3.92. The average Bonchev–Trinajstić information content (AvgIpc) is 2.48. The molecule has 0 aliphatic heterocycles. The van der Waals surface area contributed by atoms with E-state index in [2.05, 4.69) is 28.2 Å². The number of nitrogens with one attached hydrogen (secondary N) is 1. The molecule has 0 amide bonds. The minimum absolute atomic E-state index is 0.194. The molecule has 0 heterocycles. The average molecular weight is 336 g/mol. The van der Waals surface area contributed by atoms with Crippen molar-refractivity contribution < 1.29 is 9.84 Å². The van der Waals surface area contributed by atoms with Gasteiger partial charge in [-0.1, -0.05) is 24.3 Å². The lowest BCUT2D eigenvalue weighted by molar-refractivity contribution is 0.414. The number of aromatic hydroxyl groups is 1. The molecule has 0 saturated heterocycles. The van der Waals surface area contributed by atoms with Crippen LogP contribution in [-0.2, 0) is 6.54 Å². The van der Waals surface area contributed by atoms with Crippen molar-refractivity contribution in [2.24, 2.45) is 0 Å². The summed E-state index contributed by atoms with van der Waals surface area (Å²) in [5.74, 6) is 1.15. The van der Waals surface area contributed by atoms with Crippen LogP contribution in [0.15, 0.2) is 46.9 Å². The SMILES string of the molecule is COc1ccc([C@H](C)NCc2cccc(Br)c2O)cc1. The van der Waals surface area contributed by atoms with E-state index in [1.54, 1.807) is 7.11 Å². The molecule has 2 aromatic rings. The maximum Gasteiger partial charge on any atom is 0.134 e. The van der Waals surface area contributed by atoms with E-state index in [4.69, 9.17) is 4.74 Å². The molecule has 3 nitrogen and oxygen atoms in total. The molecule has 2 N–H and O–H groups in total. The van der Waals surface area contributed by atoms with Crippen molar-refractivity contribution in [2.45, 2.75) is 19.5 Å². The number of hydrogen-bond donors (Lipinski definition) is 2. The zero-order valence-electron chi connectivity index (χ0n) is 11.6. The fourth-order valence-electron chi connectivity index (χ4n) is 1.98. The van der Waals surface area contributed by atoms with Crippen LogP contribution in [0.5, 0.6) is 11.5 Å². The molecule has 4 heteroatoms. The van der Waals surface area contributed by atoms with Crippen LogP contribution in [0.25, 0.3) is 0 Å². The lowest BCUT2D eigenvalue weighted by Gasteiger charge is -2.15. The van der Waals surface area contributed by atoms with E-state index < -0.39 is 0 Å². The number of ether oxygens (including phenoxy) is 1. The Labute approximate surface area is 127 Å². The van der Waals surface area contributed by atoms with Crippen LogP contribution in [0.2, 0.25) is 0 Å². The van der Waals surface area contributed by atoms with Crippen molar-refractivity contribution in [1.29, 1.82) is 0 Å². The van der Waals surface area contributed by atoms with Crippen molar-refractivity contribution in [3.63, 3.8) is 0 Å². The molecule has 0 aliphatic carbocycles. The Morgan fingerprint density at radius 1 is 1.20 bits per heavy atom. The van der Waals surface area contributed by atoms with Crippen molar-refractivity contribution >= 4 is 15.9 Å². The maximum absolute atomic E-state index is 9.95. The first kappa shape index (κ1) is 14.9. The first-order chi connectivity index (χ1) is 9.61. The van der Waals surface area contributed by atoms with E-state index in [1.807, 2.05) is 42.5 Å². The number of hydrogen-bond acceptors (Lipinski definition) is 3. The summed E-state index contributed by atoms with van der Waals surface area (Å²) in [4.78, 5) is 0. The Bertz CT molecular complexity index is 569. The van der Waals surface area contributed by atoms with Gasteiger partial charge in [-0.05, 0) is 46.6 Å². The second kappa shape index (κ2) is 6.77. The van der Waals surface area contributed by atoms with E-state index >= 15 is 0 Å². The number of methoxy groups -OCH3 is 1. The first-order valence-corrected chi connectivity index (χ1v) is 7.25. The van der Waals surface area contributed by atoms with Gasteiger partial charge in [0.25, 0.3) is 0 Å². The monoisotopic (exact) mass is 335 g/mol. The molecule has 2 rings (SSSR count). The molecule has 0 radical (unpaired) electrons. The third kappa shape index (κ3) is 3.52. The number of phenols is 1. The molecule has 2 aromatic carbocycles. The maximum atomic E-state index is 9.95. The van der Waals surface area contributed by atoms with E-state index in [-0.39, 0.29) is 6.04 Å². The summed E-state index contributed by atoms with van der Waals surface area (Å²) in [5.41, 5.74) is 2.06. The van der Waals surface area contributed by atoms with Crippen molar-refractivity contribution in [3.8, 4) is 11.5 Å². The first-order valence-electron chi connectivity index (χ1n) is 6.45. The molecule has 0 fully saturated rings. The van der Waals surface area contributed by atoms with Gasteiger partial charge < -0.3 is 15.2 Å². The van der Waals surface area contributed by atoms with Gasteiger partial charge in [-0.2, -0.15) is 0 Å². The van der Waals surface area contributed by atoms with Crippen LogP contribution >= 0.6 is 15.9 Å². The zero-order valence-corrected chi connectivity index (χ0v) is 13.1. The number of rotatable bonds is 5. The van der Waals surface area contributed by atoms with Crippen LogP contribution in [0.3, 0.4) is 0 Å². The predicted octanol–water partition coefficient (Wildman–Crippen LogP) is 4.01. The normalized spacial score (nSPS) is 12.2. The van der Waals surface area contributed by atoms with E-state index in [9.17, 15) is 5.11 Å². The van der Waals surface area contributed by atoms with Crippen LogP contribution in [0, 0.1) is 0 Å². The predicted molar refractivity (Wildman–Crippen MR) is 84.1 cm³/mol. The van der Waals surface area contributed by atoms with Crippen LogP contribution in [-0.4, -0.2) is 12.2 Å². The highest BCUT2D eigenvalue weighted by Crippen LogP contribution is 2.27. The minimum Gasteiger partial charge on any atom is -0.506 e. The summed E-state index contributed by atoms with van der Waals surface area (Å²) >= 11 is 3.32. The highest BCUT2D eigenvalue weighted by molar-refractivity contribution is 9.10. The Morgan fingerprint density at radius 2 is 1.90 bits per heavy atom. The molecule has 0 bridgehead atoms. The molecule has 106 valence electrons. The van der Waals surface area contributed by atoms with E-state index in [1.165, 1.54) is 5.56 Å². The van der Waals surface area contributed by atoms with Gasteiger partial charge in [0.1, 0.15) is 11.5 Å². The molecule has 20 heavy (non-hydrogen) atoms. The second-order valence-electron chi connectivity index (χ2n) is 4.62. The Morgan fingerprint density at radius 3 is 2.55 bits per heavy atom. The topological polar surface area (TPSA) is 41.5 Å². The molecule has 0 aliphatic rings. The standard InChI is InChI=1S/C16H18BrNO2/c1-11(12-6-8-14(20-2)9-7-12)18-10-13-4-3-5-15(17)16(13)19/h3-9,11,18-19H,10H2,1-2H3/t11-/m0/s1. The number of halogens is 1. The quantitative estimate of drug-likeness (QED) is 0.867. The molecule has 0 saturated carbocycles. The molecule has 0 unspecified atom stereocenters. The molecule has 0 aromatic heterocycles. The van der Waals surface area contributed by atoms with Crippen molar-refractivity contribution in [3.05, 3.63) is 58.1 Å². The molecule has 0 spiro atoms. The second-order valence-corrected chi connectivity index (χ2v) is 5.48. The zero-order chi connectivity index (χ0) is 14.5. The summed E-state index contributed by atoms with van der Waals surface area (Å²) in [6.45, 7) is 2.70. The summed E-state index contributed by atoms with van der Waals surface area (Å²) in [6, 6.07) is 13.8. The van der Waals surface area contributed by atoms with E-state index in [0.29, 0.717) is 16.8 Å². The molecular formula is C16H18BrNO2. The van der Waals surface area contributed by atoms with Gasteiger partial charge in [0.2, 0.25) is 0 Å². The highest BCUT2D eigenvalue weighted by atomic mass is 79.9. The van der Waals surface area contributed by atoms with Crippen molar-refractivity contribution in [2.75, 3.05) is 7.11 Å². The minimum atomic E-state index is 0.194. The lowest BCUT2D eigenvalue weighted by atomic mass is 10.1. The summed E-state index contributed by atoms with van der Waals surface area (Å²) in [5, 5.41) is 13.3. The number of benzene rings is 2. The van der Waals surface area contributed by atoms with Gasteiger partial charge in [-0.15, -0.1) is 0 Å². The van der Waals surface area contributed by atoms with Crippen LogP contribution in [0.1, 0.15) is 24.1 Å². The highest BCUT2D eigenvalue weighted by Gasteiger charge is 2.08. The Hall–Kier alpha value is -1.52. The molecular weight excluding hydrogens is 318 g/mol. The summed E-state index contributed by atoms with van der Waals surface area (Å²) in [7, 11) is 1.66. The smallest absolute Gasteiger partial charge is 0.134 e. The Kier molecular flexibility index (Phi) is 5.04. The van der Waals surface area contributed by atoms with Gasteiger partial charge in [-0.25, -0.2) is 0 Å². The van der Waals surface area contributed by atoms with Gasteiger partial charge >= 0.3 is 0 Å². The Balaban J connectivity index is 2.00. The third-order valence-electron chi connectivity index (χ3n) is 3.28. The number of phenolic OH excluding ortho intramolecular Hbond substituents is 1. The molecule has 1 atom stereocenters. The fraction of sp³-hybridized carbons (Fsp3) is 0.250. The summed E-state index contributed by atoms with van der Waals surface area (Å²) in [6.07, 6.45) is 0. The fourth-order valence-corrected chi connectivity index (χ4v) is 2.38. The van der Waals surface area contributed by atoms with Gasteiger partial charge in [0, 0.05) is 18.2 Å².